The third-order valence-corrected chi connectivity index (χ3v) is 5.24. The Kier molecular flexibility index (Phi) is 4.84. The lowest BCUT2D eigenvalue weighted by atomic mass is 9.95. The lowest BCUT2D eigenvalue weighted by Crippen LogP contribution is -2.23. The number of hydrogen-bond donors (Lipinski definition) is 1. The van der Waals surface area contributed by atoms with Crippen molar-refractivity contribution in [3.8, 4) is 0 Å². The van der Waals surface area contributed by atoms with E-state index in [0.29, 0.717) is 17.0 Å². The summed E-state index contributed by atoms with van der Waals surface area (Å²) in [5, 5.41) is 11.0. The zero-order valence-corrected chi connectivity index (χ0v) is 16.5. The lowest BCUT2D eigenvalue weighted by Gasteiger charge is -2.26. The van der Waals surface area contributed by atoms with Crippen molar-refractivity contribution in [1.29, 1.82) is 0 Å². The quantitative estimate of drug-likeness (QED) is 0.441. The predicted octanol–water partition coefficient (Wildman–Crippen LogP) is 5.46. The molecule has 1 fully saturated rings. The highest BCUT2D eigenvalue weighted by Crippen LogP contribution is 2.44. The summed E-state index contributed by atoms with van der Waals surface area (Å²) in [5.74, 6) is 0.266. The summed E-state index contributed by atoms with van der Waals surface area (Å²) < 4.78 is 0.932. The third-order valence-electron chi connectivity index (χ3n) is 4.71. The van der Waals surface area contributed by atoms with Gasteiger partial charge in [0, 0.05) is 16.2 Å². The van der Waals surface area contributed by atoms with Crippen LogP contribution < -0.4 is 4.90 Å². The van der Waals surface area contributed by atoms with Gasteiger partial charge in [0.05, 0.1) is 17.3 Å². The van der Waals surface area contributed by atoms with Gasteiger partial charge >= 0.3 is 0 Å². The summed E-state index contributed by atoms with van der Waals surface area (Å²) in [6.45, 7) is 3.99. The number of rotatable bonds is 3. The molecule has 1 atom stereocenters. The highest BCUT2D eigenvalue weighted by atomic mass is 79.9. The van der Waals surface area contributed by atoms with Crippen molar-refractivity contribution in [2.45, 2.75) is 6.04 Å². The van der Waals surface area contributed by atoms with Crippen LogP contribution in [0.25, 0.3) is 5.76 Å². The molecule has 1 aliphatic heterocycles. The highest BCUT2D eigenvalue weighted by molar-refractivity contribution is 9.10. The van der Waals surface area contributed by atoms with E-state index in [0.717, 1.165) is 10.0 Å². The van der Waals surface area contributed by atoms with E-state index in [9.17, 15) is 9.90 Å². The number of hydrogen-bond acceptors (Lipinski definition) is 4. The first-order valence-electron chi connectivity index (χ1n) is 8.76. The van der Waals surface area contributed by atoms with Crippen molar-refractivity contribution in [3.63, 3.8) is 0 Å². The van der Waals surface area contributed by atoms with Crippen LogP contribution in [0.15, 0.2) is 101 Å². The molecule has 5 heteroatoms. The van der Waals surface area contributed by atoms with Crippen LogP contribution in [0.1, 0.15) is 17.2 Å². The van der Waals surface area contributed by atoms with Gasteiger partial charge < -0.3 is 10.0 Å². The van der Waals surface area contributed by atoms with Gasteiger partial charge in [0.25, 0.3) is 0 Å². The normalized spacial score (nSPS) is 18.5. The van der Waals surface area contributed by atoms with Gasteiger partial charge in [-0.3, -0.25) is 4.79 Å². The topological polar surface area (TPSA) is 53.4 Å². The number of Topliss-reactive ketones (excluding diaryl/α,β-unsaturated/α-hetero) is 1. The number of aromatic nitrogens is 1. The molecule has 138 valence electrons. The summed E-state index contributed by atoms with van der Waals surface area (Å²) in [6.07, 6.45) is 1.67. The summed E-state index contributed by atoms with van der Waals surface area (Å²) in [7, 11) is 0. The zero-order chi connectivity index (χ0) is 19.7. The molecule has 2 heterocycles. The average molecular weight is 433 g/mol. The smallest absolute Gasteiger partial charge is 0.211 e. The maximum Gasteiger partial charge on any atom is 0.211 e. The molecule has 1 N–H and O–H groups in total. The molecular formula is C23H17BrN2O2. The number of benzene rings is 2. The summed E-state index contributed by atoms with van der Waals surface area (Å²) in [6, 6.07) is 21.7. The molecule has 28 heavy (non-hydrogen) atoms. The second-order valence-corrected chi connectivity index (χ2v) is 7.33. The number of pyridine rings is 1. The molecule has 0 radical (unpaired) electrons. The molecule has 1 aliphatic rings. The van der Waals surface area contributed by atoms with Gasteiger partial charge in [0.15, 0.2) is 0 Å². The first kappa shape index (κ1) is 18.2. The van der Waals surface area contributed by atoms with Crippen LogP contribution in [0.2, 0.25) is 0 Å². The molecule has 0 aliphatic carbocycles. The van der Waals surface area contributed by atoms with Crippen molar-refractivity contribution in [3.05, 3.63) is 112 Å². The van der Waals surface area contributed by atoms with E-state index in [1.807, 2.05) is 60.7 Å². The fourth-order valence-corrected chi connectivity index (χ4v) is 3.65. The van der Waals surface area contributed by atoms with E-state index in [4.69, 9.17) is 0 Å². The predicted molar refractivity (Wildman–Crippen MR) is 114 cm³/mol. The number of aliphatic hydroxyl groups excluding tert-OH is 1. The second-order valence-electron chi connectivity index (χ2n) is 6.42. The molecule has 4 rings (SSSR count). The molecule has 0 saturated carbocycles. The van der Waals surface area contributed by atoms with Crippen LogP contribution >= 0.6 is 15.9 Å². The van der Waals surface area contributed by atoms with Crippen LogP contribution in [0.5, 0.6) is 0 Å². The summed E-state index contributed by atoms with van der Waals surface area (Å²) in [4.78, 5) is 19.3. The van der Waals surface area contributed by atoms with Crippen LogP contribution in [-0.2, 0) is 4.79 Å². The van der Waals surface area contributed by atoms with Crippen molar-refractivity contribution < 1.29 is 9.90 Å². The minimum Gasteiger partial charge on any atom is -0.507 e. The molecule has 1 unspecified atom stereocenters. The van der Waals surface area contributed by atoms with Gasteiger partial charge in [-0.15, -0.1) is 0 Å². The number of carbonyl (C=O) groups excluding carboxylic acids is 1. The highest BCUT2D eigenvalue weighted by Gasteiger charge is 2.43. The molecule has 2 aromatic carbocycles. The van der Waals surface area contributed by atoms with E-state index >= 15 is 0 Å². The molecule has 4 nitrogen and oxygen atoms in total. The molecule has 3 aromatic rings. The van der Waals surface area contributed by atoms with E-state index in [1.165, 1.54) is 0 Å². The van der Waals surface area contributed by atoms with Gasteiger partial charge in [-0.1, -0.05) is 71.0 Å². The van der Waals surface area contributed by atoms with Crippen LogP contribution in [0, 0.1) is 0 Å². The fourth-order valence-electron chi connectivity index (χ4n) is 3.39. The van der Waals surface area contributed by atoms with E-state index in [1.54, 1.807) is 23.2 Å². The third kappa shape index (κ3) is 3.14. The van der Waals surface area contributed by atoms with Gasteiger partial charge in [0.1, 0.15) is 11.6 Å². The van der Waals surface area contributed by atoms with Crippen molar-refractivity contribution in [1.82, 2.24) is 4.98 Å². The van der Waals surface area contributed by atoms with Crippen LogP contribution in [-0.4, -0.2) is 15.9 Å². The number of nitrogens with zero attached hydrogens (tertiary/aromatic N) is 2. The number of halogens is 1. The van der Waals surface area contributed by atoms with Crippen molar-refractivity contribution in [2.75, 3.05) is 4.90 Å². The molecule has 0 amide bonds. The monoisotopic (exact) mass is 432 g/mol. The summed E-state index contributed by atoms with van der Waals surface area (Å²) in [5.41, 5.74) is 2.02. The number of aliphatic hydroxyl groups is 1. The minimum atomic E-state index is -0.525. The minimum absolute atomic E-state index is 0.0434. The summed E-state index contributed by atoms with van der Waals surface area (Å²) >= 11 is 3.45. The number of carbonyl (C=O) groups is 1. The SMILES string of the molecule is C=C1C(=O)C(=C(O)c2ccccc2)C(c2ccc(Br)cc2)N1c1ccccn1. The Bertz CT molecular complexity index is 1060. The number of anilines is 1. The maximum atomic E-state index is 13.2. The Morgan fingerprint density at radius 3 is 2.32 bits per heavy atom. The van der Waals surface area contributed by atoms with Gasteiger partial charge in [-0.05, 0) is 29.8 Å². The largest absolute Gasteiger partial charge is 0.507 e. The zero-order valence-electron chi connectivity index (χ0n) is 14.9. The van der Waals surface area contributed by atoms with Gasteiger partial charge in [-0.25, -0.2) is 4.98 Å². The van der Waals surface area contributed by atoms with Gasteiger partial charge in [-0.2, -0.15) is 0 Å². The Hall–Kier alpha value is -3.18. The van der Waals surface area contributed by atoms with Crippen LogP contribution in [0.3, 0.4) is 0 Å². The van der Waals surface area contributed by atoms with E-state index < -0.39 is 6.04 Å². The lowest BCUT2D eigenvalue weighted by molar-refractivity contribution is -0.111. The molecule has 0 bridgehead atoms. The first-order chi connectivity index (χ1) is 13.6. The number of allylic oxidation sites excluding steroid dienone is 1. The standard InChI is InChI=1S/C23H17BrN2O2/c1-15-22(27)20(23(28)17-7-3-2-4-8-17)21(16-10-12-18(24)13-11-16)26(15)19-9-5-6-14-25-19/h2-14,21,28H,1H2. The van der Waals surface area contributed by atoms with Gasteiger partial charge in [0.2, 0.25) is 5.78 Å². The Morgan fingerprint density at radius 2 is 1.68 bits per heavy atom. The average Bonchev–Trinajstić information content (AvgIpc) is 3.00. The molecular weight excluding hydrogens is 416 g/mol. The molecule has 1 aromatic heterocycles. The second kappa shape index (κ2) is 7.44. The Labute approximate surface area is 171 Å². The van der Waals surface area contributed by atoms with Crippen molar-refractivity contribution >= 4 is 33.3 Å². The van der Waals surface area contributed by atoms with E-state index in [-0.39, 0.29) is 17.2 Å². The molecule has 0 spiro atoms. The Morgan fingerprint density at radius 1 is 1.00 bits per heavy atom. The first-order valence-corrected chi connectivity index (χ1v) is 9.55. The van der Waals surface area contributed by atoms with Crippen LogP contribution in [0.4, 0.5) is 5.82 Å². The maximum absolute atomic E-state index is 13.2. The molecule has 1 saturated heterocycles. The van der Waals surface area contributed by atoms with E-state index in [2.05, 4.69) is 27.5 Å². The van der Waals surface area contributed by atoms with Crippen molar-refractivity contribution in [2.24, 2.45) is 0 Å². The Balaban J connectivity index is 1.95. The number of ketones is 1. The fraction of sp³-hybridized carbons (Fsp3) is 0.0435.